The molecule has 1 aromatic carbocycles. The van der Waals surface area contributed by atoms with Gasteiger partial charge in [-0.1, -0.05) is 17.7 Å². The predicted molar refractivity (Wildman–Crippen MR) is 71.7 cm³/mol. The third-order valence-electron chi connectivity index (χ3n) is 3.37. The molecule has 0 unspecified atom stereocenters. The standard InChI is InChI=1S/C14H17ClFNO2/c1-19-5-4-17-9-11(8-14(17)18)6-10-2-3-13(16)12(15)7-10/h2-3,7,11H,4-6,8-9H2,1H3/t11-/m1/s1. The fourth-order valence-electron chi connectivity index (χ4n) is 2.41. The number of rotatable bonds is 5. The number of methoxy groups -OCH3 is 1. The van der Waals surface area contributed by atoms with Crippen LogP contribution in [-0.4, -0.2) is 37.6 Å². The van der Waals surface area contributed by atoms with Crippen molar-refractivity contribution in [2.24, 2.45) is 5.92 Å². The minimum Gasteiger partial charge on any atom is -0.383 e. The first-order valence-corrected chi connectivity index (χ1v) is 6.68. The number of likely N-dealkylation sites (tertiary alicyclic amines) is 1. The monoisotopic (exact) mass is 285 g/mol. The second-order valence-electron chi connectivity index (χ2n) is 4.86. The number of hydrogen-bond acceptors (Lipinski definition) is 2. The Kier molecular flexibility index (Phi) is 4.77. The van der Waals surface area contributed by atoms with Crippen LogP contribution in [0.15, 0.2) is 18.2 Å². The van der Waals surface area contributed by atoms with E-state index in [4.69, 9.17) is 16.3 Å². The van der Waals surface area contributed by atoms with Crippen LogP contribution < -0.4 is 0 Å². The zero-order chi connectivity index (χ0) is 13.8. The summed E-state index contributed by atoms with van der Waals surface area (Å²) in [4.78, 5) is 13.6. The van der Waals surface area contributed by atoms with Crippen molar-refractivity contribution in [1.82, 2.24) is 4.90 Å². The van der Waals surface area contributed by atoms with Crippen molar-refractivity contribution >= 4 is 17.5 Å². The van der Waals surface area contributed by atoms with Crippen LogP contribution in [0.5, 0.6) is 0 Å². The van der Waals surface area contributed by atoms with E-state index in [1.54, 1.807) is 19.2 Å². The van der Waals surface area contributed by atoms with Crippen LogP contribution in [0.1, 0.15) is 12.0 Å². The summed E-state index contributed by atoms with van der Waals surface area (Å²) < 4.78 is 18.0. The third-order valence-corrected chi connectivity index (χ3v) is 3.66. The molecule has 0 N–H and O–H groups in total. The lowest BCUT2D eigenvalue weighted by Gasteiger charge is -2.16. The molecule has 0 aliphatic carbocycles. The maximum Gasteiger partial charge on any atom is 0.223 e. The van der Waals surface area contributed by atoms with Gasteiger partial charge >= 0.3 is 0 Å². The number of carbonyl (C=O) groups is 1. The van der Waals surface area contributed by atoms with E-state index in [2.05, 4.69) is 0 Å². The molecule has 1 aromatic rings. The number of halogens is 2. The summed E-state index contributed by atoms with van der Waals surface area (Å²) in [6.45, 7) is 1.92. The smallest absolute Gasteiger partial charge is 0.223 e. The van der Waals surface area contributed by atoms with Crippen molar-refractivity contribution in [3.63, 3.8) is 0 Å². The highest BCUT2D eigenvalue weighted by Gasteiger charge is 2.29. The van der Waals surface area contributed by atoms with Crippen molar-refractivity contribution in [2.75, 3.05) is 26.8 Å². The van der Waals surface area contributed by atoms with Crippen molar-refractivity contribution in [1.29, 1.82) is 0 Å². The van der Waals surface area contributed by atoms with E-state index in [0.717, 1.165) is 18.5 Å². The zero-order valence-corrected chi connectivity index (χ0v) is 11.6. The molecule has 3 nitrogen and oxygen atoms in total. The van der Waals surface area contributed by atoms with Crippen molar-refractivity contribution in [2.45, 2.75) is 12.8 Å². The Morgan fingerprint density at radius 2 is 2.32 bits per heavy atom. The summed E-state index contributed by atoms with van der Waals surface area (Å²) in [5.74, 6) is 0.0239. The quantitative estimate of drug-likeness (QED) is 0.832. The fraction of sp³-hybridized carbons (Fsp3) is 0.500. The highest BCUT2D eigenvalue weighted by atomic mass is 35.5. The van der Waals surface area contributed by atoms with Crippen LogP contribution in [0.4, 0.5) is 4.39 Å². The average molecular weight is 286 g/mol. The molecular formula is C14H17ClFNO2. The molecule has 0 aromatic heterocycles. The van der Waals surface area contributed by atoms with E-state index in [1.807, 2.05) is 4.90 Å². The molecule has 1 amide bonds. The summed E-state index contributed by atoms with van der Waals surface area (Å²) in [6.07, 6.45) is 1.29. The number of carbonyl (C=O) groups excluding carboxylic acids is 1. The van der Waals surface area contributed by atoms with Gasteiger partial charge in [0.05, 0.1) is 11.6 Å². The van der Waals surface area contributed by atoms with E-state index in [9.17, 15) is 9.18 Å². The number of ether oxygens (including phenoxy) is 1. The van der Waals surface area contributed by atoms with Crippen LogP contribution in [0, 0.1) is 11.7 Å². The zero-order valence-electron chi connectivity index (χ0n) is 10.9. The van der Waals surface area contributed by atoms with Gasteiger partial charge in [-0.15, -0.1) is 0 Å². The van der Waals surface area contributed by atoms with Crippen LogP contribution in [0.2, 0.25) is 5.02 Å². The van der Waals surface area contributed by atoms with Gasteiger partial charge in [0.1, 0.15) is 5.82 Å². The number of hydrogen-bond donors (Lipinski definition) is 0. The maximum absolute atomic E-state index is 13.1. The Balaban J connectivity index is 1.93. The van der Waals surface area contributed by atoms with E-state index >= 15 is 0 Å². The molecule has 104 valence electrons. The lowest BCUT2D eigenvalue weighted by Crippen LogP contribution is -2.28. The molecule has 0 bridgehead atoms. The molecule has 1 fully saturated rings. The molecule has 1 heterocycles. The summed E-state index contributed by atoms with van der Waals surface area (Å²) in [5.41, 5.74) is 0.970. The van der Waals surface area contributed by atoms with Crippen molar-refractivity contribution in [3.05, 3.63) is 34.6 Å². The Labute approximate surface area is 117 Å². The van der Waals surface area contributed by atoms with Gasteiger partial charge in [-0.2, -0.15) is 0 Å². The average Bonchev–Trinajstić information content (AvgIpc) is 2.72. The first-order valence-electron chi connectivity index (χ1n) is 6.30. The van der Waals surface area contributed by atoms with Crippen molar-refractivity contribution < 1.29 is 13.9 Å². The van der Waals surface area contributed by atoms with Gasteiger partial charge in [-0.05, 0) is 30.0 Å². The summed E-state index contributed by atoms with van der Waals surface area (Å²) in [6, 6.07) is 4.74. The highest BCUT2D eigenvalue weighted by Crippen LogP contribution is 2.24. The Morgan fingerprint density at radius 1 is 1.53 bits per heavy atom. The fourth-order valence-corrected chi connectivity index (χ4v) is 2.61. The van der Waals surface area contributed by atoms with Gasteiger partial charge in [0.2, 0.25) is 5.91 Å². The van der Waals surface area contributed by atoms with Crippen LogP contribution in [-0.2, 0) is 16.0 Å². The molecule has 1 aliphatic rings. The van der Waals surface area contributed by atoms with Crippen molar-refractivity contribution in [3.8, 4) is 0 Å². The lowest BCUT2D eigenvalue weighted by atomic mass is 9.98. The molecule has 1 atom stereocenters. The topological polar surface area (TPSA) is 29.5 Å². The number of amides is 1. The molecule has 0 radical (unpaired) electrons. The van der Waals surface area contributed by atoms with E-state index in [0.29, 0.717) is 19.6 Å². The van der Waals surface area contributed by atoms with Gasteiger partial charge in [-0.3, -0.25) is 4.79 Å². The lowest BCUT2D eigenvalue weighted by molar-refractivity contribution is -0.128. The van der Waals surface area contributed by atoms with Gasteiger partial charge < -0.3 is 9.64 Å². The first kappa shape index (κ1) is 14.3. The second-order valence-corrected chi connectivity index (χ2v) is 5.26. The molecule has 1 saturated heterocycles. The molecule has 0 saturated carbocycles. The third kappa shape index (κ3) is 3.67. The predicted octanol–water partition coefficient (Wildman–Crippen LogP) is 2.52. The maximum atomic E-state index is 13.1. The molecular weight excluding hydrogens is 269 g/mol. The van der Waals surface area contributed by atoms with Gasteiger partial charge in [0, 0.05) is 26.6 Å². The molecule has 5 heteroatoms. The SMILES string of the molecule is COCCN1C[C@H](Cc2ccc(F)c(Cl)c2)CC1=O. The van der Waals surface area contributed by atoms with E-state index in [1.165, 1.54) is 6.07 Å². The Hall–Kier alpha value is -1.13. The van der Waals surface area contributed by atoms with Crippen LogP contribution in [0.25, 0.3) is 0 Å². The molecule has 2 rings (SSSR count). The second kappa shape index (κ2) is 6.35. The van der Waals surface area contributed by atoms with E-state index in [-0.39, 0.29) is 16.8 Å². The van der Waals surface area contributed by atoms with Gasteiger partial charge in [-0.25, -0.2) is 4.39 Å². The molecule has 0 spiro atoms. The highest BCUT2D eigenvalue weighted by molar-refractivity contribution is 6.30. The van der Waals surface area contributed by atoms with Gasteiger partial charge in [0.25, 0.3) is 0 Å². The first-order chi connectivity index (χ1) is 9.10. The minimum atomic E-state index is -0.408. The minimum absolute atomic E-state index is 0.137. The van der Waals surface area contributed by atoms with Crippen LogP contribution in [0.3, 0.4) is 0 Å². The Morgan fingerprint density at radius 3 is 3.00 bits per heavy atom. The summed E-state index contributed by atoms with van der Waals surface area (Å²) >= 11 is 5.76. The molecule has 1 aliphatic heterocycles. The normalized spacial score (nSPS) is 19.2. The summed E-state index contributed by atoms with van der Waals surface area (Å²) in [5, 5.41) is 0.137. The van der Waals surface area contributed by atoms with E-state index < -0.39 is 5.82 Å². The largest absolute Gasteiger partial charge is 0.383 e. The Bertz CT molecular complexity index is 467. The number of benzene rings is 1. The molecule has 19 heavy (non-hydrogen) atoms. The van der Waals surface area contributed by atoms with Gasteiger partial charge in [0.15, 0.2) is 0 Å². The summed E-state index contributed by atoms with van der Waals surface area (Å²) in [7, 11) is 1.62. The van der Waals surface area contributed by atoms with Crippen LogP contribution >= 0.6 is 11.6 Å². The number of nitrogens with zero attached hydrogens (tertiary/aromatic N) is 1.